The van der Waals surface area contributed by atoms with Gasteiger partial charge in [-0.1, -0.05) is 6.07 Å². The Balaban J connectivity index is 2.57. The van der Waals surface area contributed by atoms with Crippen LogP contribution in [0.4, 0.5) is 5.82 Å². The first-order valence-electron chi connectivity index (χ1n) is 7.25. The lowest BCUT2D eigenvalue weighted by molar-refractivity contribution is 0.424. The normalized spacial score (nSPS) is 13.3. The Labute approximate surface area is 128 Å². The topological polar surface area (TPSA) is 28.2 Å². The summed E-state index contributed by atoms with van der Waals surface area (Å²) in [7, 11) is 2.13. The maximum absolute atomic E-state index is 4.59. The number of hydrogen-bond acceptors (Lipinski definition) is 4. The lowest BCUT2D eigenvalue weighted by atomic mass is 10.1. The van der Waals surface area contributed by atoms with E-state index in [1.807, 2.05) is 18.0 Å². The van der Waals surface area contributed by atoms with Gasteiger partial charge in [0.1, 0.15) is 5.82 Å². The molecular formula is C16H29N3S. The Bertz CT molecular complexity index is 384. The molecule has 114 valence electrons. The van der Waals surface area contributed by atoms with Crippen LogP contribution in [0.1, 0.15) is 39.7 Å². The van der Waals surface area contributed by atoms with Crippen molar-refractivity contribution in [2.24, 2.45) is 0 Å². The van der Waals surface area contributed by atoms with Crippen molar-refractivity contribution in [2.75, 3.05) is 24.0 Å². The van der Waals surface area contributed by atoms with E-state index in [0.29, 0.717) is 6.04 Å². The minimum atomic E-state index is 0.141. The summed E-state index contributed by atoms with van der Waals surface area (Å²) in [6.45, 7) is 9.65. The summed E-state index contributed by atoms with van der Waals surface area (Å²) in [5, 5.41) is 3.48. The summed E-state index contributed by atoms with van der Waals surface area (Å²) >= 11 is 1.90. The standard InChI is InChI=1S/C16H29N3S/c1-13(9-10-20-6)19(5)15-8-7-14(11-17-15)12-18-16(2,3)4/h7-8,11,13,18H,9-10,12H2,1-6H3. The van der Waals surface area contributed by atoms with Crippen molar-refractivity contribution < 1.29 is 0 Å². The highest BCUT2D eigenvalue weighted by Gasteiger charge is 2.11. The third kappa shape index (κ3) is 6.14. The molecule has 0 bridgehead atoms. The van der Waals surface area contributed by atoms with Crippen molar-refractivity contribution >= 4 is 17.6 Å². The number of thioether (sulfide) groups is 1. The first-order chi connectivity index (χ1) is 9.33. The molecule has 0 aliphatic heterocycles. The lowest BCUT2D eigenvalue weighted by Gasteiger charge is -2.26. The van der Waals surface area contributed by atoms with Gasteiger partial charge in [-0.2, -0.15) is 11.8 Å². The van der Waals surface area contributed by atoms with Crippen molar-refractivity contribution in [1.82, 2.24) is 10.3 Å². The van der Waals surface area contributed by atoms with E-state index >= 15 is 0 Å². The molecule has 0 spiro atoms. The molecule has 1 N–H and O–H groups in total. The Morgan fingerprint density at radius 2 is 2.05 bits per heavy atom. The highest BCUT2D eigenvalue weighted by molar-refractivity contribution is 7.98. The number of nitrogens with zero attached hydrogens (tertiary/aromatic N) is 2. The molecule has 0 aromatic carbocycles. The third-order valence-electron chi connectivity index (χ3n) is 3.39. The third-order valence-corrected chi connectivity index (χ3v) is 4.04. The van der Waals surface area contributed by atoms with E-state index in [1.54, 1.807) is 0 Å². The number of pyridine rings is 1. The van der Waals surface area contributed by atoms with Crippen LogP contribution < -0.4 is 10.2 Å². The number of anilines is 1. The van der Waals surface area contributed by atoms with E-state index in [2.05, 4.69) is 68.3 Å². The average molecular weight is 295 g/mol. The first-order valence-corrected chi connectivity index (χ1v) is 8.64. The number of aromatic nitrogens is 1. The van der Waals surface area contributed by atoms with Crippen molar-refractivity contribution in [2.45, 2.75) is 52.2 Å². The predicted octanol–water partition coefficient (Wildman–Crippen LogP) is 3.55. The molecule has 1 heterocycles. The second-order valence-corrected chi connectivity index (χ2v) is 7.36. The quantitative estimate of drug-likeness (QED) is 0.832. The number of rotatable bonds is 7. The van der Waals surface area contributed by atoms with Crippen LogP contribution in [0.3, 0.4) is 0 Å². The SMILES string of the molecule is CSCCC(C)N(C)c1ccc(CNC(C)(C)C)cn1. The van der Waals surface area contributed by atoms with Crippen LogP contribution in [0, 0.1) is 0 Å². The Morgan fingerprint density at radius 3 is 2.55 bits per heavy atom. The van der Waals surface area contributed by atoms with Gasteiger partial charge >= 0.3 is 0 Å². The monoisotopic (exact) mass is 295 g/mol. The predicted molar refractivity (Wildman–Crippen MR) is 91.7 cm³/mol. The number of nitrogens with one attached hydrogen (secondary N) is 1. The van der Waals surface area contributed by atoms with Crippen LogP contribution in [0.2, 0.25) is 0 Å². The highest BCUT2D eigenvalue weighted by atomic mass is 32.2. The van der Waals surface area contributed by atoms with E-state index < -0.39 is 0 Å². The van der Waals surface area contributed by atoms with Gasteiger partial charge in [-0.3, -0.25) is 0 Å². The summed E-state index contributed by atoms with van der Waals surface area (Å²) in [6, 6.07) is 4.81. The zero-order valence-electron chi connectivity index (χ0n) is 13.7. The van der Waals surface area contributed by atoms with Gasteiger partial charge in [-0.05, 0) is 57.8 Å². The van der Waals surface area contributed by atoms with E-state index in [0.717, 1.165) is 12.4 Å². The molecular weight excluding hydrogens is 266 g/mol. The van der Waals surface area contributed by atoms with Gasteiger partial charge in [0.2, 0.25) is 0 Å². The fourth-order valence-corrected chi connectivity index (χ4v) is 2.38. The van der Waals surface area contributed by atoms with Gasteiger partial charge in [0.05, 0.1) is 0 Å². The van der Waals surface area contributed by atoms with E-state index in [1.165, 1.54) is 17.7 Å². The van der Waals surface area contributed by atoms with Gasteiger partial charge in [-0.25, -0.2) is 4.98 Å². The summed E-state index contributed by atoms with van der Waals surface area (Å²) in [5.74, 6) is 2.25. The van der Waals surface area contributed by atoms with Crippen LogP contribution in [0.5, 0.6) is 0 Å². The molecule has 0 aliphatic carbocycles. The summed E-state index contributed by atoms with van der Waals surface area (Å²) in [5.41, 5.74) is 1.37. The van der Waals surface area contributed by atoms with E-state index in [-0.39, 0.29) is 5.54 Å². The van der Waals surface area contributed by atoms with Crippen LogP contribution in [-0.4, -0.2) is 35.6 Å². The van der Waals surface area contributed by atoms with Crippen molar-refractivity contribution in [3.05, 3.63) is 23.9 Å². The van der Waals surface area contributed by atoms with E-state index in [4.69, 9.17) is 0 Å². The largest absolute Gasteiger partial charge is 0.357 e. The molecule has 0 amide bonds. The molecule has 3 nitrogen and oxygen atoms in total. The fourth-order valence-electron chi connectivity index (χ4n) is 1.80. The smallest absolute Gasteiger partial charge is 0.128 e. The molecule has 1 aromatic heterocycles. The van der Waals surface area contributed by atoms with Crippen LogP contribution in [0.15, 0.2) is 18.3 Å². The maximum Gasteiger partial charge on any atom is 0.128 e. The summed E-state index contributed by atoms with van der Waals surface area (Å²) in [4.78, 5) is 6.85. The fraction of sp³-hybridized carbons (Fsp3) is 0.688. The number of hydrogen-bond donors (Lipinski definition) is 1. The van der Waals surface area contributed by atoms with Crippen LogP contribution in [-0.2, 0) is 6.54 Å². The van der Waals surface area contributed by atoms with Gasteiger partial charge < -0.3 is 10.2 Å². The molecule has 1 atom stereocenters. The second kappa shape index (κ2) is 7.89. The van der Waals surface area contributed by atoms with Gasteiger partial charge in [0, 0.05) is 31.4 Å². The molecule has 0 saturated carbocycles. The van der Waals surface area contributed by atoms with Crippen molar-refractivity contribution in [1.29, 1.82) is 0 Å². The molecule has 1 unspecified atom stereocenters. The van der Waals surface area contributed by atoms with Gasteiger partial charge in [0.15, 0.2) is 0 Å². The summed E-state index contributed by atoms with van der Waals surface area (Å²) < 4.78 is 0. The first kappa shape index (κ1) is 17.3. The zero-order valence-corrected chi connectivity index (χ0v) is 14.5. The van der Waals surface area contributed by atoms with Crippen molar-refractivity contribution in [3.63, 3.8) is 0 Å². The molecule has 0 aliphatic rings. The molecule has 0 fully saturated rings. The second-order valence-electron chi connectivity index (χ2n) is 6.37. The average Bonchev–Trinajstić information content (AvgIpc) is 2.41. The molecule has 1 rings (SSSR count). The lowest BCUT2D eigenvalue weighted by Crippen LogP contribution is -2.35. The molecule has 0 saturated heterocycles. The molecule has 20 heavy (non-hydrogen) atoms. The highest BCUT2D eigenvalue weighted by Crippen LogP contribution is 2.15. The Kier molecular flexibility index (Phi) is 6.83. The maximum atomic E-state index is 4.59. The van der Waals surface area contributed by atoms with Crippen LogP contribution >= 0.6 is 11.8 Å². The van der Waals surface area contributed by atoms with Crippen molar-refractivity contribution in [3.8, 4) is 0 Å². The minimum absolute atomic E-state index is 0.141. The van der Waals surface area contributed by atoms with Gasteiger partial charge in [0.25, 0.3) is 0 Å². The Morgan fingerprint density at radius 1 is 1.35 bits per heavy atom. The van der Waals surface area contributed by atoms with Crippen LogP contribution in [0.25, 0.3) is 0 Å². The Hall–Kier alpha value is -0.740. The molecule has 4 heteroatoms. The zero-order chi connectivity index (χ0) is 15.2. The molecule has 1 aromatic rings. The minimum Gasteiger partial charge on any atom is -0.357 e. The molecule has 0 radical (unpaired) electrons. The van der Waals surface area contributed by atoms with E-state index in [9.17, 15) is 0 Å². The van der Waals surface area contributed by atoms with Gasteiger partial charge in [-0.15, -0.1) is 0 Å². The summed E-state index contributed by atoms with van der Waals surface area (Å²) in [6.07, 6.45) is 5.32.